The van der Waals surface area contributed by atoms with Gasteiger partial charge in [0.1, 0.15) is 11.6 Å². The van der Waals surface area contributed by atoms with Crippen LogP contribution in [0, 0.1) is 11.7 Å². The highest BCUT2D eigenvalue weighted by Gasteiger charge is 2.19. The van der Waals surface area contributed by atoms with Gasteiger partial charge in [-0.1, -0.05) is 55.8 Å². The zero-order chi connectivity index (χ0) is 25.7. The number of halogens is 2. The molecule has 0 aliphatic rings. The lowest BCUT2D eigenvalue weighted by molar-refractivity contribution is -0.121. The Kier molecular flexibility index (Phi) is 8.16. The summed E-state index contributed by atoms with van der Waals surface area (Å²) in [6.45, 7) is 7.44. The summed E-state index contributed by atoms with van der Waals surface area (Å²) in [5.41, 5.74) is 2.47. The number of hydrogen-bond acceptors (Lipinski definition) is 4. The van der Waals surface area contributed by atoms with Crippen molar-refractivity contribution in [2.24, 2.45) is 5.92 Å². The molecule has 0 aliphatic heterocycles. The minimum atomic E-state index is -0.319. The second-order valence-corrected chi connectivity index (χ2v) is 9.77. The second kappa shape index (κ2) is 11.5. The highest BCUT2D eigenvalue weighted by Crippen LogP contribution is 2.30. The van der Waals surface area contributed by atoms with E-state index in [1.54, 1.807) is 18.2 Å². The number of nitrogens with one attached hydrogen (secondary N) is 1. The molecule has 4 rings (SSSR count). The normalized spacial score (nSPS) is 12.1. The van der Waals surface area contributed by atoms with Crippen molar-refractivity contribution in [3.63, 3.8) is 0 Å². The Labute approximate surface area is 216 Å². The number of rotatable bonds is 9. The van der Waals surface area contributed by atoms with Gasteiger partial charge in [-0.05, 0) is 60.9 Å². The van der Waals surface area contributed by atoms with Gasteiger partial charge in [-0.25, -0.2) is 14.4 Å². The fourth-order valence-corrected chi connectivity index (χ4v) is 4.32. The van der Waals surface area contributed by atoms with Gasteiger partial charge < -0.3 is 10.2 Å². The molecule has 0 aliphatic carbocycles. The molecule has 1 aromatic heterocycles. The maximum Gasteiger partial charge on any atom is 0.222 e. The molecule has 4 aromatic rings. The number of aromatic nitrogens is 2. The first-order valence-corrected chi connectivity index (χ1v) is 12.5. The summed E-state index contributed by atoms with van der Waals surface area (Å²) in [5.74, 6) is 1.20. The van der Waals surface area contributed by atoms with Crippen LogP contribution in [0.15, 0.2) is 72.8 Å². The zero-order valence-corrected chi connectivity index (χ0v) is 21.5. The topological polar surface area (TPSA) is 58.1 Å². The highest BCUT2D eigenvalue weighted by molar-refractivity contribution is 6.31. The van der Waals surface area contributed by atoms with Crippen LogP contribution in [0.4, 0.5) is 10.2 Å². The Morgan fingerprint density at radius 2 is 1.72 bits per heavy atom. The molecule has 0 radical (unpaired) electrons. The Balaban J connectivity index is 1.63. The lowest BCUT2D eigenvalue weighted by atomic mass is 10.1. The Bertz CT molecular complexity index is 1330. The molecule has 186 valence electrons. The molecule has 3 aromatic carbocycles. The van der Waals surface area contributed by atoms with Crippen molar-refractivity contribution in [2.45, 2.75) is 33.2 Å². The molecule has 1 atom stereocenters. The van der Waals surface area contributed by atoms with Crippen molar-refractivity contribution in [1.29, 1.82) is 0 Å². The van der Waals surface area contributed by atoms with Crippen LogP contribution in [0.2, 0.25) is 5.02 Å². The molecule has 7 heteroatoms. The maximum atomic E-state index is 13.5. The van der Waals surface area contributed by atoms with Crippen molar-refractivity contribution in [1.82, 2.24) is 15.3 Å². The number of benzene rings is 3. The monoisotopic (exact) mass is 504 g/mol. The Morgan fingerprint density at radius 3 is 2.42 bits per heavy atom. The van der Waals surface area contributed by atoms with Gasteiger partial charge >= 0.3 is 0 Å². The van der Waals surface area contributed by atoms with Crippen molar-refractivity contribution in [2.75, 3.05) is 18.0 Å². The average molecular weight is 505 g/mol. The van der Waals surface area contributed by atoms with Crippen LogP contribution >= 0.6 is 11.6 Å². The van der Waals surface area contributed by atoms with Gasteiger partial charge in [-0.2, -0.15) is 0 Å². The van der Waals surface area contributed by atoms with Crippen molar-refractivity contribution < 1.29 is 9.18 Å². The minimum absolute atomic E-state index is 0.0275. The van der Waals surface area contributed by atoms with Gasteiger partial charge in [-0.3, -0.25) is 4.79 Å². The van der Waals surface area contributed by atoms with Gasteiger partial charge in [0, 0.05) is 35.5 Å². The van der Waals surface area contributed by atoms with Crippen LogP contribution in [-0.4, -0.2) is 29.0 Å². The molecule has 1 unspecified atom stereocenters. The summed E-state index contributed by atoms with van der Waals surface area (Å²) in [6.07, 6.45) is 0.314. The SMILES string of the molecule is CC(C)CN(CCC(=O)NC(C)c1ccccc1)c1nc(-c2ccc(F)cc2)nc2cc(Cl)ccc12. The minimum Gasteiger partial charge on any atom is -0.355 e. The predicted molar refractivity (Wildman–Crippen MR) is 145 cm³/mol. The van der Waals surface area contributed by atoms with Gasteiger partial charge in [0.05, 0.1) is 11.6 Å². The third kappa shape index (κ3) is 6.38. The molecule has 5 nitrogen and oxygen atoms in total. The molecule has 0 spiro atoms. The number of fused-ring (bicyclic) bond motifs is 1. The largest absolute Gasteiger partial charge is 0.355 e. The van der Waals surface area contributed by atoms with Crippen LogP contribution in [0.5, 0.6) is 0 Å². The lowest BCUT2D eigenvalue weighted by Gasteiger charge is -2.27. The lowest BCUT2D eigenvalue weighted by Crippen LogP contribution is -2.34. The number of hydrogen-bond donors (Lipinski definition) is 1. The summed E-state index contributed by atoms with van der Waals surface area (Å²) in [4.78, 5) is 24.6. The zero-order valence-electron chi connectivity index (χ0n) is 20.7. The summed E-state index contributed by atoms with van der Waals surface area (Å²) in [7, 11) is 0. The maximum absolute atomic E-state index is 13.5. The van der Waals surface area contributed by atoms with E-state index in [0.29, 0.717) is 47.4 Å². The molecule has 1 heterocycles. The molecule has 0 fully saturated rings. The predicted octanol–water partition coefficient (Wildman–Crippen LogP) is 6.82. The third-order valence-electron chi connectivity index (χ3n) is 5.91. The first kappa shape index (κ1) is 25.6. The molecule has 36 heavy (non-hydrogen) atoms. The van der Waals surface area contributed by atoms with E-state index >= 15 is 0 Å². The fraction of sp³-hybridized carbons (Fsp3) is 0.276. The summed E-state index contributed by atoms with van der Waals surface area (Å²) >= 11 is 6.28. The third-order valence-corrected chi connectivity index (χ3v) is 6.15. The van der Waals surface area contributed by atoms with Gasteiger partial charge in [0.25, 0.3) is 0 Å². The summed E-state index contributed by atoms with van der Waals surface area (Å²) in [5, 5.41) is 4.51. The smallest absolute Gasteiger partial charge is 0.222 e. The molecular formula is C29H30ClFN4O. The quantitative estimate of drug-likeness (QED) is 0.272. The second-order valence-electron chi connectivity index (χ2n) is 9.33. The number of nitrogens with zero attached hydrogens (tertiary/aromatic N) is 3. The molecule has 0 saturated carbocycles. The van der Waals surface area contributed by atoms with Crippen LogP contribution < -0.4 is 10.2 Å². The number of anilines is 1. The van der Waals surface area contributed by atoms with E-state index in [1.165, 1.54) is 12.1 Å². The van der Waals surface area contributed by atoms with Crippen molar-refractivity contribution in [3.05, 3.63) is 89.2 Å². The number of carbonyl (C=O) groups is 1. The molecule has 1 N–H and O–H groups in total. The first-order chi connectivity index (χ1) is 17.3. The van der Waals surface area contributed by atoms with Crippen LogP contribution in [-0.2, 0) is 4.79 Å². The number of carbonyl (C=O) groups excluding carboxylic acids is 1. The van der Waals surface area contributed by atoms with Crippen molar-refractivity contribution >= 4 is 34.2 Å². The molecule has 0 bridgehead atoms. The average Bonchev–Trinajstić information content (AvgIpc) is 2.86. The molecule has 1 amide bonds. The van der Waals surface area contributed by atoms with Crippen LogP contribution in [0.1, 0.15) is 38.8 Å². The van der Waals surface area contributed by atoms with E-state index in [4.69, 9.17) is 21.6 Å². The van der Waals surface area contributed by atoms with E-state index in [9.17, 15) is 9.18 Å². The van der Waals surface area contributed by atoms with Crippen LogP contribution in [0.3, 0.4) is 0 Å². The molecule has 0 saturated heterocycles. The summed E-state index contributed by atoms with van der Waals surface area (Å²) in [6, 6.07) is 21.5. The van der Waals surface area contributed by atoms with Gasteiger partial charge in [0.2, 0.25) is 5.91 Å². The van der Waals surface area contributed by atoms with E-state index in [-0.39, 0.29) is 17.8 Å². The number of amides is 1. The standard InChI is InChI=1S/C29H30ClFN4O/c1-19(2)18-35(16-15-27(36)32-20(3)21-7-5-4-6-8-21)29-25-14-11-23(30)17-26(25)33-28(34-29)22-9-12-24(31)13-10-22/h4-14,17,19-20H,15-16,18H2,1-3H3,(H,32,36). The summed E-state index contributed by atoms with van der Waals surface area (Å²) < 4.78 is 13.5. The van der Waals surface area contributed by atoms with Gasteiger partial charge in [-0.15, -0.1) is 0 Å². The molecular weight excluding hydrogens is 475 g/mol. The van der Waals surface area contributed by atoms with Crippen molar-refractivity contribution in [3.8, 4) is 11.4 Å². The van der Waals surface area contributed by atoms with Crippen LogP contribution in [0.25, 0.3) is 22.3 Å². The van der Waals surface area contributed by atoms with E-state index in [1.807, 2.05) is 49.4 Å². The highest BCUT2D eigenvalue weighted by atomic mass is 35.5. The van der Waals surface area contributed by atoms with Gasteiger partial charge in [0.15, 0.2) is 5.82 Å². The van der Waals surface area contributed by atoms with E-state index in [0.717, 1.165) is 16.8 Å². The van der Waals surface area contributed by atoms with E-state index in [2.05, 4.69) is 24.1 Å². The Morgan fingerprint density at radius 1 is 1.00 bits per heavy atom. The first-order valence-electron chi connectivity index (χ1n) is 12.1. The Hall–Kier alpha value is -3.51. The van der Waals surface area contributed by atoms with E-state index < -0.39 is 0 Å². The fourth-order valence-electron chi connectivity index (χ4n) is 4.15.